The first kappa shape index (κ1) is 15.8. The molecule has 0 bridgehead atoms. The lowest BCUT2D eigenvalue weighted by molar-refractivity contribution is -0.138. The molecule has 0 fully saturated rings. The highest BCUT2D eigenvalue weighted by Crippen LogP contribution is 2.21. The first-order chi connectivity index (χ1) is 10.5. The molecule has 0 amide bonds. The lowest BCUT2D eigenvalue weighted by Gasteiger charge is -2.13. The lowest BCUT2D eigenvalue weighted by atomic mass is 9.88. The molecule has 0 aliphatic rings. The number of ether oxygens (including phenoxy) is 1. The molecule has 0 aliphatic carbocycles. The highest BCUT2D eigenvalue weighted by molar-refractivity contribution is 6.32. The third-order valence-electron chi connectivity index (χ3n) is 3.45. The van der Waals surface area contributed by atoms with E-state index in [9.17, 15) is 14.7 Å². The molecule has 1 unspecified atom stereocenters. The summed E-state index contributed by atoms with van der Waals surface area (Å²) < 4.78 is 4.63. The first-order valence-electron chi connectivity index (χ1n) is 6.76. The Bertz CT molecular complexity index is 662. The summed E-state index contributed by atoms with van der Waals surface area (Å²) in [6.07, 6.45) is 0.334. The first-order valence-corrected chi connectivity index (χ1v) is 6.76. The van der Waals surface area contributed by atoms with Crippen molar-refractivity contribution in [3.63, 3.8) is 0 Å². The van der Waals surface area contributed by atoms with Crippen molar-refractivity contribution in [3.8, 4) is 0 Å². The predicted octanol–water partition coefficient (Wildman–Crippen LogP) is 1.68. The Morgan fingerprint density at radius 3 is 2.18 bits per heavy atom. The van der Waals surface area contributed by atoms with Gasteiger partial charge in [0.15, 0.2) is 0 Å². The zero-order chi connectivity index (χ0) is 16.1. The van der Waals surface area contributed by atoms with E-state index in [4.69, 9.17) is 7.85 Å². The van der Waals surface area contributed by atoms with Crippen LogP contribution < -0.4 is 5.46 Å². The van der Waals surface area contributed by atoms with Gasteiger partial charge in [-0.15, -0.1) is 0 Å². The summed E-state index contributed by atoms with van der Waals surface area (Å²) in [7, 11) is 6.94. The molecule has 110 valence electrons. The van der Waals surface area contributed by atoms with Gasteiger partial charge in [-0.2, -0.15) is 0 Å². The fourth-order valence-corrected chi connectivity index (χ4v) is 2.21. The highest BCUT2D eigenvalue weighted by atomic mass is 16.5. The zero-order valence-electron chi connectivity index (χ0n) is 12.2. The number of rotatable bonds is 5. The van der Waals surface area contributed by atoms with Crippen LogP contribution in [0.25, 0.3) is 0 Å². The molecule has 2 aromatic rings. The van der Waals surface area contributed by atoms with Crippen LogP contribution in [0.2, 0.25) is 0 Å². The van der Waals surface area contributed by atoms with Crippen molar-refractivity contribution in [2.24, 2.45) is 0 Å². The van der Waals surface area contributed by atoms with E-state index in [2.05, 4.69) is 4.74 Å². The third kappa shape index (κ3) is 3.76. The van der Waals surface area contributed by atoms with Gasteiger partial charge in [0, 0.05) is 0 Å². The molecular formula is C17H15BO4. The molecule has 1 atom stereocenters. The van der Waals surface area contributed by atoms with Gasteiger partial charge in [0.25, 0.3) is 0 Å². The van der Waals surface area contributed by atoms with Gasteiger partial charge in [-0.05, 0) is 29.7 Å². The molecule has 0 spiro atoms. The molecule has 2 radical (unpaired) electrons. The SMILES string of the molecule is [B]c1ccc(C(Cc2ccc(C(=O)OC)cc2)C(=O)O)cc1. The zero-order valence-corrected chi connectivity index (χ0v) is 12.2. The molecular weight excluding hydrogens is 279 g/mol. The van der Waals surface area contributed by atoms with Gasteiger partial charge in [0.05, 0.1) is 18.6 Å². The topological polar surface area (TPSA) is 63.6 Å². The minimum Gasteiger partial charge on any atom is -0.481 e. The van der Waals surface area contributed by atoms with Gasteiger partial charge in [-0.1, -0.05) is 41.9 Å². The molecule has 0 aromatic heterocycles. The van der Waals surface area contributed by atoms with E-state index >= 15 is 0 Å². The molecule has 0 saturated heterocycles. The summed E-state index contributed by atoms with van der Waals surface area (Å²) in [6, 6.07) is 13.5. The second-order valence-electron chi connectivity index (χ2n) is 4.95. The van der Waals surface area contributed by atoms with Gasteiger partial charge >= 0.3 is 11.9 Å². The summed E-state index contributed by atoms with van der Waals surface area (Å²) in [6.45, 7) is 0. The van der Waals surface area contributed by atoms with E-state index in [0.29, 0.717) is 23.0 Å². The maximum absolute atomic E-state index is 11.5. The predicted molar refractivity (Wildman–Crippen MR) is 83.7 cm³/mol. The lowest BCUT2D eigenvalue weighted by Crippen LogP contribution is -2.15. The van der Waals surface area contributed by atoms with Gasteiger partial charge in [-0.3, -0.25) is 4.79 Å². The van der Waals surface area contributed by atoms with E-state index in [1.165, 1.54) is 7.11 Å². The second kappa shape index (κ2) is 6.94. The summed E-state index contributed by atoms with van der Waals surface area (Å²) >= 11 is 0. The Balaban J connectivity index is 2.19. The number of hydrogen-bond donors (Lipinski definition) is 1. The molecule has 2 aromatic carbocycles. The van der Waals surface area contributed by atoms with Crippen molar-refractivity contribution < 1.29 is 19.4 Å². The van der Waals surface area contributed by atoms with Crippen LogP contribution in [0, 0.1) is 0 Å². The molecule has 0 heterocycles. The minimum atomic E-state index is -0.901. The van der Waals surface area contributed by atoms with Gasteiger partial charge in [-0.25, -0.2) is 4.79 Å². The monoisotopic (exact) mass is 294 g/mol. The van der Waals surface area contributed by atoms with Crippen molar-refractivity contribution in [2.45, 2.75) is 12.3 Å². The quantitative estimate of drug-likeness (QED) is 0.673. The van der Waals surface area contributed by atoms with E-state index in [1.807, 2.05) is 0 Å². The largest absolute Gasteiger partial charge is 0.481 e. The minimum absolute atomic E-state index is 0.334. The van der Waals surface area contributed by atoms with Crippen molar-refractivity contribution in [1.82, 2.24) is 0 Å². The van der Waals surface area contributed by atoms with E-state index in [-0.39, 0.29) is 0 Å². The summed E-state index contributed by atoms with van der Waals surface area (Å²) in [5.74, 6) is -1.98. The number of benzene rings is 2. The van der Waals surface area contributed by atoms with Crippen LogP contribution in [-0.4, -0.2) is 32.0 Å². The van der Waals surface area contributed by atoms with Crippen molar-refractivity contribution in [1.29, 1.82) is 0 Å². The molecule has 2 rings (SSSR count). The highest BCUT2D eigenvalue weighted by Gasteiger charge is 2.20. The van der Waals surface area contributed by atoms with Crippen LogP contribution in [0.1, 0.15) is 27.4 Å². The van der Waals surface area contributed by atoms with Crippen LogP contribution in [0.15, 0.2) is 48.5 Å². The number of carbonyl (C=O) groups excluding carboxylic acids is 1. The number of carbonyl (C=O) groups is 2. The molecule has 1 N–H and O–H groups in total. The number of aliphatic carboxylic acids is 1. The van der Waals surface area contributed by atoms with Gasteiger partial charge in [0.1, 0.15) is 7.85 Å². The van der Waals surface area contributed by atoms with Gasteiger partial charge < -0.3 is 9.84 Å². The average molecular weight is 294 g/mol. The number of methoxy groups -OCH3 is 1. The van der Waals surface area contributed by atoms with Crippen LogP contribution in [0.5, 0.6) is 0 Å². The number of carboxylic acid groups (broad SMARTS) is 1. The maximum Gasteiger partial charge on any atom is 0.337 e. The Morgan fingerprint density at radius 2 is 1.68 bits per heavy atom. The van der Waals surface area contributed by atoms with Crippen LogP contribution in [-0.2, 0) is 16.0 Å². The Kier molecular flexibility index (Phi) is 4.99. The standard InChI is InChI=1S/C17H15BO4/c1-22-17(21)13-4-2-11(3-5-13)10-15(16(19)20)12-6-8-14(18)9-7-12/h2-9,15H,10H2,1H3,(H,19,20). The second-order valence-corrected chi connectivity index (χ2v) is 4.95. The van der Waals surface area contributed by atoms with Crippen molar-refractivity contribution in [3.05, 3.63) is 65.2 Å². The Hall–Kier alpha value is -2.56. The molecule has 5 heteroatoms. The van der Waals surface area contributed by atoms with Crippen LogP contribution in [0.3, 0.4) is 0 Å². The van der Waals surface area contributed by atoms with Crippen molar-refractivity contribution in [2.75, 3.05) is 7.11 Å². The molecule has 22 heavy (non-hydrogen) atoms. The Morgan fingerprint density at radius 1 is 1.09 bits per heavy atom. The fourth-order valence-electron chi connectivity index (χ4n) is 2.21. The van der Waals surface area contributed by atoms with E-state index < -0.39 is 17.9 Å². The third-order valence-corrected chi connectivity index (χ3v) is 3.45. The van der Waals surface area contributed by atoms with E-state index in [1.54, 1.807) is 48.5 Å². The molecule has 4 nitrogen and oxygen atoms in total. The fraction of sp³-hybridized carbons (Fsp3) is 0.176. The number of hydrogen-bond acceptors (Lipinski definition) is 3. The van der Waals surface area contributed by atoms with Crippen LogP contribution in [0.4, 0.5) is 0 Å². The Labute approximate surface area is 130 Å². The summed E-state index contributed by atoms with van der Waals surface area (Å²) in [5.41, 5.74) is 2.55. The van der Waals surface area contributed by atoms with Gasteiger partial charge in [0.2, 0.25) is 0 Å². The van der Waals surface area contributed by atoms with E-state index in [0.717, 1.165) is 5.56 Å². The smallest absolute Gasteiger partial charge is 0.337 e. The number of esters is 1. The summed E-state index contributed by atoms with van der Waals surface area (Å²) in [5, 5.41) is 9.43. The average Bonchev–Trinajstić information content (AvgIpc) is 2.53. The van der Waals surface area contributed by atoms with Crippen molar-refractivity contribution >= 4 is 25.2 Å². The van der Waals surface area contributed by atoms with Crippen LogP contribution >= 0.6 is 0 Å². The molecule has 0 saturated carbocycles. The molecule has 0 aliphatic heterocycles. The summed E-state index contributed by atoms with van der Waals surface area (Å²) in [4.78, 5) is 22.9. The normalized spacial score (nSPS) is 11.7. The number of carboxylic acids is 1. The maximum atomic E-state index is 11.5.